The van der Waals surface area contributed by atoms with Crippen LogP contribution in [-0.4, -0.2) is 70.8 Å². The van der Waals surface area contributed by atoms with Gasteiger partial charge in [0.1, 0.15) is 6.33 Å². The molecule has 1 fully saturated rings. The molecular formula is C26H28N8O2. The van der Waals surface area contributed by atoms with Gasteiger partial charge in [-0.2, -0.15) is 5.10 Å². The lowest BCUT2D eigenvalue weighted by Gasteiger charge is -2.31. The van der Waals surface area contributed by atoms with Crippen molar-refractivity contribution in [3.05, 3.63) is 65.6 Å². The summed E-state index contributed by atoms with van der Waals surface area (Å²) in [5, 5.41) is 10.8. The number of carbonyl (C=O) groups is 1. The first-order chi connectivity index (χ1) is 17.6. The zero-order chi connectivity index (χ0) is 24.6. The van der Waals surface area contributed by atoms with Gasteiger partial charge in [0.15, 0.2) is 11.5 Å². The highest BCUT2D eigenvalue weighted by Crippen LogP contribution is 2.30. The Hall–Kier alpha value is -4.02. The number of carbonyl (C=O) groups excluding carboxylic acids is 1. The molecular weight excluding hydrogens is 456 g/mol. The van der Waals surface area contributed by atoms with E-state index in [4.69, 9.17) is 9.72 Å². The summed E-state index contributed by atoms with van der Waals surface area (Å²) in [5.41, 5.74) is 7.48. The van der Waals surface area contributed by atoms with E-state index in [9.17, 15) is 4.79 Å². The van der Waals surface area contributed by atoms with Crippen molar-refractivity contribution in [1.82, 2.24) is 29.8 Å². The number of hydrogen-bond donors (Lipinski definition) is 2. The van der Waals surface area contributed by atoms with Crippen LogP contribution in [0.15, 0.2) is 48.9 Å². The normalized spacial score (nSPS) is 15.4. The average Bonchev–Trinajstić information content (AvgIpc) is 3.52. The van der Waals surface area contributed by atoms with E-state index in [0.29, 0.717) is 23.6 Å². The van der Waals surface area contributed by atoms with E-state index in [1.807, 2.05) is 18.2 Å². The van der Waals surface area contributed by atoms with Gasteiger partial charge in [0.25, 0.3) is 5.91 Å². The number of morpholine rings is 1. The van der Waals surface area contributed by atoms with Gasteiger partial charge < -0.3 is 25.2 Å². The van der Waals surface area contributed by atoms with Gasteiger partial charge in [0, 0.05) is 48.7 Å². The molecule has 2 N–H and O–H groups in total. The van der Waals surface area contributed by atoms with Gasteiger partial charge in [0.2, 0.25) is 0 Å². The molecule has 2 aromatic heterocycles. The first-order valence-corrected chi connectivity index (χ1v) is 12.0. The number of rotatable bonds is 6. The molecule has 10 nitrogen and oxygen atoms in total. The fourth-order valence-electron chi connectivity index (χ4n) is 4.87. The van der Waals surface area contributed by atoms with Crippen LogP contribution in [0.5, 0.6) is 0 Å². The van der Waals surface area contributed by atoms with Gasteiger partial charge in [0.05, 0.1) is 25.1 Å². The molecule has 2 aliphatic rings. The highest BCUT2D eigenvalue weighted by Gasteiger charge is 2.21. The molecule has 0 aliphatic carbocycles. The third kappa shape index (κ3) is 4.14. The molecule has 0 atom stereocenters. The molecule has 1 amide bonds. The number of ether oxygens (including phenoxy) is 1. The summed E-state index contributed by atoms with van der Waals surface area (Å²) >= 11 is 0. The zero-order valence-electron chi connectivity index (χ0n) is 20.4. The van der Waals surface area contributed by atoms with Gasteiger partial charge in [-0.3, -0.25) is 4.79 Å². The zero-order valence-corrected chi connectivity index (χ0v) is 20.4. The molecule has 0 bridgehead atoms. The SMILES string of the molecule is CN(C)Cc1cc(Nc2ncc(-c3ccc4c(c3)CNC4=O)n3ncnc23)ccc1N1CCOCC1. The Kier molecular flexibility index (Phi) is 5.74. The quantitative estimate of drug-likeness (QED) is 0.431. The summed E-state index contributed by atoms with van der Waals surface area (Å²) < 4.78 is 7.32. The van der Waals surface area contributed by atoms with Gasteiger partial charge in [-0.05, 0) is 55.6 Å². The summed E-state index contributed by atoms with van der Waals surface area (Å²) in [7, 11) is 4.16. The van der Waals surface area contributed by atoms with E-state index >= 15 is 0 Å². The molecule has 4 heterocycles. The van der Waals surface area contributed by atoms with Crippen molar-refractivity contribution in [3.8, 4) is 11.3 Å². The molecule has 6 rings (SSSR count). The molecule has 2 aliphatic heterocycles. The Morgan fingerprint density at radius 3 is 2.81 bits per heavy atom. The Labute approximate surface area is 208 Å². The predicted molar refractivity (Wildman–Crippen MR) is 138 cm³/mol. The van der Waals surface area contributed by atoms with E-state index < -0.39 is 0 Å². The number of hydrogen-bond acceptors (Lipinski definition) is 8. The number of anilines is 3. The maximum atomic E-state index is 11.9. The lowest BCUT2D eigenvalue weighted by atomic mass is 10.0. The van der Waals surface area contributed by atoms with E-state index in [-0.39, 0.29) is 5.91 Å². The van der Waals surface area contributed by atoms with E-state index in [2.05, 4.69) is 62.8 Å². The number of aromatic nitrogens is 4. The minimum atomic E-state index is -0.0339. The van der Waals surface area contributed by atoms with E-state index in [0.717, 1.165) is 55.4 Å². The largest absolute Gasteiger partial charge is 0.378 e. The topological polar surface area (TPSA) is 99.9 Å². The highest BCUT2D eigenvalue weighted by molar-refractivity contribution is 5.98. The number of nitrogens with one attached hydrogen (secondary N) is 2. The van der Waals surface area contributed by atoms with Crippen molar-refractivity contribution < 1.29 is 9.53 Å². The summed E-state index contributed by atoms with van der Waals surface area (Å²) in [6, 6.07) is 12.2. The Bertz CT molecular complexity index is 1440. The molecule has 10 heteroatoms. The predicted octanol–water partition coefficient (Wildman–Crippen LogP) is 2.68. The standard InChI is InChI=1S/C26H28N8O2/c1-32(2)15-19-12-20(4-6-22(19)33-7-9-36-10-8-33)31-24-25-29-16-30-34(25)23(14-27-24)17-3-5-21-18(11-17)13-28-26(21)35/h3-6,11-12,14,16H,7-10,13,15H2,1-2H3,(H,27,31)(H,28,35). The maximum absolute atomic E-state index is 11.9. The van der Waals surface area contributed by atoms with Gasteiger partial charge in [-0.25, -0.2) is 14.5 Å². The summed E-state index contributed by atoms with van der Waals surface area (Å²) in [6.07, 6.45) is 3.32. The molecule has 184 valence electrons. The van der Waals surface area contributed by atoms with Crippen LogP contribution in [0.2, 0.25) is 0 Å². The van der Waals surface area contributed by atoms with Crippen molar-refractivity contribution in [2.45, 2.75) is 13.1 Å². The second-order valence-corrected chi connectivity index (χ2v) is 9.35. The van der Waals surface area contributed by atoms with Gasteiger partial charge in [-0.15, -0.1) is 0 Å². The van der Waals surface area contributed by atoms with Crippen LogP contribution in [0.3, 0.4) is 0 Å². The summed E-state index contributed by atoms with van der Waals surface area (Å²) in [4.78, 5) is 25.7. The molecule has 2 aromatic carbocycles. The van der Waals surface area contributed by atoms with Crippen LogP contribution in [-0.2, 0) is 17.8 Å². The maximum Gasteiger partial charge on any atom is 0.251 e. The van der Waals surface area contributed by atoms with Crippen LogP contribution in [0.25, 0.3) is 16.9 Å². The van der Waals surface area contributed by atoms with Crippen molar-refractivity contribution in [3.63, 3.8) is 0 Å². The average molecular weight is 485 g/mol. The van der Waals surface area contributed by atoms with Gasteiger partial charge in [-0.1, -0.05) is 6.07 Å². The van der Waals surface area contributed by atoms with Gasteiger partial charge >= 0.3 is 0 Å². The van der Waals surface area contributed by atoms with E-state index in [1.165, 1.54) is 17.6 Å². The van der Waals surface area contributed by atoms with Crippen LogP contribution in [0, 0.1) is 0 Å². The number of amides is 1. The molecule has 1 saturated heterocycles. The molecule has 0 spiro atoms. The van der Waals surface area contributed by atoms with Crippen molar-refractivity contribution >= 4 is 28.7 Å². The molecule has 0 radical (unpaired) electrons. The minimum Gasteiger partial charge on any atom is -0.378 e. The van der Waals surface area contributed by atoms with E-state index in [1.54, 1.807) is 10.7 Å². The molecule has 36 heavy (non-hydrogen) atoms. The summed E-state index contributed by atoms with van der Waals surface area (Å²) in [6.45, 7) is 4.64. The Morgan fingerprint density at radius 1 is 1.11 bits per heavy atom. The van der Waals surface area contributed by atoms with Crippen molar-refractivity contribution in [2.75, 3.05) is 50.6 Å². The monoisotopic (exact) mass is 484 g/mol. The second kappa shape index (κ2) is 9.21. The fourth-order valence-corrected chi connectivity index (χ4v) is 4.87. The number of nitrogens with zero attached hydrogens (tertiary/aromatic N) is 6. The van der Waals surface area contributed by atoms with Crippen LogP contribution < -0.4 is 15.5 Å². The third-order valence-corrected chi connectivity index (χ3v) is 6.57. The molecule has 0 saturated carbocycles. The number of fused-ring (bicyclic) bond motifs is 2. The molecule has 0 unspecified atom stereocenters. The van der Waals surface area contributed by atoms with Crippen molar-refractivity contribution in [2.24, 2.45) is 0 Å². The lowest BCUT2D eigenvalue weighted by Crippen LogP contribution is -2.37. The lowest BCUT2D eigenvalue weighted by molar-refractivity contribution is 0.0965. The van der Waals surface area contributed by atoms with Crippen LogP contribution in [0.4, 0.5) is 17.2 Å². The second-order valence-electron chi connectivity index (χ2n) is 9.35. The molecule has 4 aromatic rings. The Balaban J connectivity index is 1.32. The Morgan fingerprint density at radius 2 is 1.97 bits per heavy atom. The van der Waals surface area contributed by atoms with Crippen molar-refractivity contribution in [1.29, 1.82) is 0 Å². The third-order valence-electron chi connectivity index (χ3n) is 6.57. The number of benzene rings is 2. The first kappa shape index (κ1) is 22.4. The highest BCUT2D eigenvalue weighted by atomic mass is 16.5. The fraction of sp³-hybridized carbons (Fsp3) is 0.308. The first-order valence-electron chi connectivity index (χ1n) is 12.0. The smallest absolute Gasteiger partial charge is 0.251 e. The minimum absolute atomic E-state index is 0.0339. The van der Waals surface area contributed by atoms with Crippen LogP contribution in [0.1, 0.15) is 21.5 Å². The van der Waals surface area contributed by atoms with Crippen LogP contribution >= 0.6 is 0 Å². The summed E-state index contributed by atoms with van der Waals surface area (Å²) in [5.74, 6) is 0.595.